The van der Waals surface area contributed by atoms with Crippen molar-refractivity contribution < 1.29 is 23.9 Å². The molecule has 0 aliphatic carbocycles. The molecule has 1 atom stereocenters. The van der Waals surface area contributed by atoms with Crippen molar-refractivity contribution in [2.24, 2.45) is 0 Å². The van der Waals surface area contributed by atoms with Crippen molar-refractivity contribution in [2.75, 3.05) is 5.88 Å². The van der Waals surface area contributed by atoms with Crippen LogP contribution in [0.3, 0.4) is 0 Å². The lowest BCUT2D eigenvalue weighted by Crippen LogP contribution is -2.45. The molecule has 0 radical (unpaired) electrons. The van der Waals surface area contributed by atoms with E-state index in [1.54, 1.807) is 20.8 Å². The minimum Gasteiger partial charge on any atom is -0.461 e. The summed E-state index contributed by atoms with van der Waals surface area (Å²) < 4.78 is 10.2. The van der Waals surface area contributed by atoms with Crippen LogP contribution in [-0.2, 0) is 25.7 Å². The molecule has 0 aliphatic heterocycles. The van der Waals surface area contributed by atoms with E-state index in [-0.39, 0.29) is 18.9 Å². The Kier molecular flexibility index (Phi) is 7.71. The summed E-state index contributed by atoms with van der Waals surface area (Å²) >= 11 is 5.53. The van der Waals surface area contributed by atoms with Crippen LogP contribution in [0, 0.1) is 0 Å². The van der Waals surface area contributed by atoms with Crippen LogP contribution in [0.5, 0.6) is 0 Å². The molecule has 1 aromatic carbocycles. The van der Waals surface area contributed by atoms with Gasteiger partial charge in [0, 0.05) is 0 Å². The molecule has 24 heavy (non-hydrogen) atoms. The molecule has 0 spiro atoms. The van der Waals surface area contributed by atoms with Crippen LogP contribution in [0.4, 0.5) is 4.79 Å². The van der Waals surface area contributed by atoms with Gasteiger partial charge in [0.1, 0.15) is 18.2 Å². The SMILES string of the molecule is CC(C)(C)OC(=O)N[C@@H](CC(=O)OCc1ccccc1)C(=O)CCl. The van der Waals surface area contributed by atoms with E-state index in [1.165, 1.54) is 0 Å². The average Bonchev–Trinajstić information content (AvgIpc) is 2.50. The summed E-state index contributed by atoms with van der Waals surface area (Å²) in [6, 6.07) is 8.05. The molecule has 0 bridgehead atoms. The second-order valence-electron chi connectivity index (χ2n) is 6.15. The van der Waals surface area contributed by atoms with E-state index in [0.717, 1.165) is 5.56 Å². The number of Topliss-reactive ketones (excluding diaryl/α,β-unsaturated/α-hetero) is 1. The zero-order valence-electron chi connectivity index (χ0n) is 14.0. The molecular formula is C17H22ClNO5. The Labute approximate surface area is 146 Å². The Balaban J connectivity index is 2.57. The predicted octanol–water partition coefficient (Wildman–Crippen LogP) is 2.82. The van der Waals surface area contributed by atoms with Gasteiger partial charge >= 0.3 is 12.1 Å². The molecule has 1 rings (SSSR count). The van der Waals surface area contributed by atoms with Crippen LogP contribution in [0.1, 0.15) is 32.8 Å². The molecule has 7 heteroatoms. The Hall–Kier alpha value is -2.08. The summed E-state index contributed by atoms with van der Waals surface area (Å²) in [4.78, 5) is 35.5. The number of amides is 1. The van der Waals surface area contributed by atoms with E-state index < -0.39 is 29.5 Å². The fraction of sp³-hybridized carbons (Fsp3) is 0.471. The lowest BCUT2D eigenvalue weighted by atomic mass is 10.1. The van der Waals surface area contributed by atoms with E-state index in [4.69, 9.17) is 21.1 Å². The molecule has 0 heterocycles. The summed E-state index contributed by atoms with van der Waals surface area (Å²) in [5.41, 5.74) is 0.109. The summed E-state index contributed by atoms with van der Waals surface area (Å²) in [5.74, 6) is -1.43. The maximum atomic E-state index is 11.9. The number of alkyl carbamates (subject to hydrolysis) is 1. The fourth-order valence-corrected chi connectivity index (χ4v) is 1.94. The fourth-order valence-electron chi connectivity index (χ4n) is 1.75. The number of ether oxygens (including phenoxy) is 2. The standard InChI is InChI=1S/C17H22ClNO5/c1-17(2,3)24-16(22)19-13(14(20)10-18)9-15(21)23-11-12-7-5-4-6-8-12/h4-8,13H,9-11H2,1-3H3,(H,19,22)/t13-/m0/s1. The minimum absolute atomic E-state index is 0.0912. The molecule has 1 aromatic rings. The number of rotatable bonds is 7. The van der Waals surface area contributed by atoms with Crippen molar-refractivity contribution in [3.63, 3.8) is 0 Å². The normalized spacial score (nSPS) is 12.2. The zero-order valence-corrected chi connectivity index (χ0v) is 14.8. The number of carbonyl (C=O) groups is 3. The van der Waals surface area contributed by atoms with Crippen molar-refractivity contribution in [3.8, 4) is 0 Å². The number of benzene rings is 1. The van der Waals surface area contributed by atoms with Crippen LogP contribution in [0.2, 0.25) is 0 Å². The van der Waals surface area contributed by atoms with Gasteiger partial charge in [0.2, 0.25) is 0 Å². The van der Waals surface area contributed by atoms with Crippen molar-refractivity contribution in [3.05, 3.63) is 35.9 Å². The van der Waals surface area contributed by atoms with Crippen LogP contribution in [0.25, 0.3) is 0 Å². The highest BCUT2D eigenvalue weighted by atomic mass is 35.5. The summed E-state index contributed by atoms with van der Waals surface area (Å²) in [7, 11) is 0. The summed E-state index contributed by atoms with van der Waals surface area (Å²) in [6.45, 7) is 5.17. The topological polar surface area (TPSA) is 81.7 Å². The molecule has 0 aliphatic rings. The molecule has 0 saturated carbocycles. The number of nitrogens with one attached hydrogen (secondary N) is 1. The maximum Gasteiger partial charge on any atom is 0.408 e. The van der Waals surface area contributed by atoms with Gasteiger partial charge in [-0.1, -0.05) is 30.3 Å². The Bertz CT molecular complexity index is 568. The van der Waals surface area contributed by atoms with E-state index >= 15 is 0 Å². The first-order valence-electron chi connectivity index (χ1n) is 7.49. The largest absolute Gasteiger partial charge is 0.461 e. The number of ketones is 1. The molecule has 132 valence electrons. The number of esters is 1. The molecule has 0 saturated heterocycles. The van der Waals surface area contributed by atoms with Gasteiger partial charge in [-0.3, -0.25) is 9.59 Å². The highest BCUT2D eigenvalue weighted by Gasteiger charge is 2.26. The highest BCUT2D eigenvalue weighted by molar-refractivity contribution is 6.28. The van der Waals surface area contributed by atoms with Gasteiger partial charge in [0.05, 0.1) is 12.3 Å². The number of hydrogen-bond donors (Lipinski definition) is 1. The van der Waals surface area contributed by atoms with Crippen molar-refractivity contribution in [2.45, 2.75) is 45.4 Å². The molecule has 1 amide bonds. The van der Waals surface area contributed by atoms with E-state index in [1.807, 2.05) is 30.3 Å². The average molecular weight is 356 g/mol. The number of hydrogen-bond acceptors (Lipinski definition) is 5. The number of alkyl halides is 1. The quantitative estimate of drug-likeness (QED) is 0.600. The lowest BCUT2D eigenvalue weighted by Gasteiger charge is -2.22. The van der Waals surface area contributed by atoms with Gasteiger partial charge in [-0.15, -0.1) is 11.6 Å². The summed E-state index contributed by atoms with van der Waals surface area (Å²) in [5, 5.41) is 2.36. The highest BCUT2D eigenvalue weighted by Crippen LogP contribution is 2.09. The third kappa shape index (κ3) is 7.97. The second kappa shape index (κ2) is 9.27. The zero-order chi connectivity index (χ0) is 18.2. The van der Waals surface area contributed by atoms with Gasteiger partial charge < -0.3 is 14.8 Å². The Morgan fingerprint density at radius 3 is 2.33 bits per heavy atom. The number of halogens is 1. The first kappa shape index (κ1) is 20.0. The van der Waals surface area contributed by atoms with Crippen molar-refractivity contribution in [1.29, 1.82) is 0 Å². The first-order valence-corrected chi connectivity index (χ1v) is 8.02. The van der Waals surface area contributed by atoms with Crippen LogP contribution < -0.4 is 5.32 Å². The van der Waals surface area contributed by atoms with E-state index in [9.17, 15) is 14.4 Å². The summed E-state index contributed by atoms with van der Waals surface area (Å²) in [6.07, 6.45) is -1.10. The molecule has 6 nitrogen and oxygen atoms in total. The molecular weight excluding hydrogens is 334 g/mol. The monoisotopic (exact) mass is 355 g/mol. The predicted molar refractivity (Wildman–Crippen MR) is 89.7 cm³/mol. The van der Waals surface area contributed by atoms with Crippen LogP contribution in [-0.4, -0.2) is 35.4 Å². The Morgan fingerprint density at radius 1 is 1.17 bits per heavy atom. The van der Waals surface area contributed by atoms with Gasteiger partial charge in [-0.2, -0.15) is 0 Å². The van der Waals surface area contributed by atoms with Gasteiger partial charge in [0.25, 0.3) is 0 Å². The van der Waals surface area contributed by atoms with Crippen LogP contribution in [0.15, 0.2) is 30.3 Å². The molecule has 0 aromatic heterocycles. The third-order valence-corrected chi connectivity index (χ3v) is 3.09. The maximum absolute atomic E-state index is 11.9. The van der Waals surface area contributed by atoms with Gasteiger partial charge in [-0.25, -0.2) is 4.79 Å². The van der Waals surface area contributed by atoms with Crippen LogP contribution >= 0.6 is 11.6 Å². The third-order valence-electron chi connectivity index (χ3n) is 2.82. The lowest BCUT2D eigenvalue weighted by molar-refractivity contribution is -0.146. The van der Waals surface area contributed by atoms with Gasteiger partial charge in [0.15, 0.2) is 5.78 Å². The second-order valence-corrected chi connectivity index (χ2v) is 6.42. The van der Waals surface area contributed by atoms with Gasteiger partial charge in [-0.05, 0) is 26.3 Å². The van der Waals surface area contributed by atoms with Crippen molar-refractivity contribution in [1.82, 2.24) is 5.32 Å². The molecule has 1 N–H and O–H groups in total. The molecule has 0 fully saturated rings. The Morgan fingerprint density at radius 2 is 1.79 bits per heavy atom. The smallest absolute Gasteiger partial charge is 0.408 e. The van der Waals surface area contributed by atoms with Crippen molar-refractivity contribution >= 4 is 29.4 Å². The molecule has 0 unspecified atom stereocenters. The van der Waals surface area contributed by atoms with E-state index in [2.05, 4.69) is 5.32 Å². The minimum atomic E-state index is -1.08. The van der Waals surface area contributed by atoms with E-state index in [0.29, 0.717) is 0 Å². The first-order chi connectivity index (χ1) is 11.2. The number of carbonyl (C=O) groups excluding carboxylic acids is 3.